The van der Waals surface area contributed by atoms with Gasteiger partial charge in [0, 0.05) is 0 Å². The van der Waals surface area contributed by atoms with Crippen molar-refractivity contribution in [3.8, 4) is 5.75 Å². The molecular formula is C40H76O. The van der Waals surface area contributed by atoms with E-state index in [0.29, 0.717) is 6.61 Å². The standard InChI is InChI=1S/C21H24O.C7H16.6C2H6/c1-5-13-22-21-12-9-18(15-19(21)6-2)8-11-20-10-7-16(3)14-17(20)4;1-4-7(5-2)6-3;6*1-2/h5,7-12,14-15H,1,6,13H2,2-4H3;7H,4-6H2,1-3H3;6*1-2H3/b11-8+;;;;;;;. The fraction of sp³-hybridized carbons (Fsp3) is 0.600. The molecule has 0 heterocycles. The van der Waals surface area contributed by atoms with Crippen LogP contribution in [0.1, 0.15) is 158 Å². The van der Waals surface area contributed by atoms with E-state index in [4.69, 9.17) is 4.74 Å². The molecule has 0 aliphatic carbocycles. The molecule has 0 amide bonds. The summed E-state index contributed by atoms with van der Waals surface area (Å²) in [6, 6.07) is 12.9. The van der Waals surface area contributed by atoms with E-state index in [1.165, 1.54) is 47.1 Å². The minimum absolute atomic E-state index is 0.546. The number of benzene rings is 2. The fourth-order valence-corrected chi connectivity index (χ4v) is 3.33. The molecule has 0 bridgehead atoms. The molecule has 242 valence electrons. The molecule has 2 rings (SSSR count). The molecule has 2 aromatic rings. The third-order valence-electron chi connectivity index (χ3n) is 5.43. The van der Waals surface area contributed by atoms with Gasteiger partial charge in [-0.3, -0.25) is 0 Å². The smallest absolute Gasteiger partial charge is 0.122 e. The van der Waals surface area contributed by atoms with Gasteiger partial charge in [0.25, 0.3) is 0 Å². The van der Waals surface area contributed by atoms with Gasteiger partial charge in [-0.25, -0.2) is 0 Å². The Balaban J connectivity index is -0.000000135. The summed E-state index contributed by atoms with van der Waals surface area (Å²) < 4.78 is 5.69. The molecule has 1 nitrogen and oxygen atoms in total. The van der Waals surface area contributed by atoms with Gasteiger partial charge in [-0.15, -0.1) is 0 Å². The van der Waals surface area contributed by atoms with Gasteiger partial charge in [-0.2, -0.15) is 0 Å². The van der Waals surface area contributed by atoms with Crippen molar-refractivity contribution >= 4 is 12.2 Å². The first-order valence-electron chi connectivity index (χ1n) is 17.1. The van der Waals surface area contributed by atoms with Crippen molar-refractivity contribution in [3.05, 3.63) is 76.9 Å². The topological polar surface area (TPSA) is 9.23 Å². The summed E-state index contributed by atoms with van der Waals surface area (Å²) in [4.78, 5) is 0. The molecule has 0 atom stereocenters. The average Bonchev–Trinajstić information content (AvgIpc) is 3.06. The Kier molecular flexibility index (Phi) is 56.1. The maximum atomic E-state index is 5.69. The van der Waals surface area contributed by atoms with Crippen LogP contribution in [0.15, 0.2) is 49.1 Å². The minimum Gasteiger partial charge on any atom is -0.489 e. The summed E-state index contributed by atoms with van der Waals surface area (Å²) in [6.45, 7) is 41.4. The largest absolute Gasteiger partial charge is 0.489 e. The van der Waals surface area contributed by atoms with Crippen molar-refractivity contribution in [1.29, 1.82) is 0 Å². The Morgan fingerprint density at radius 3 is 1.51 bits per heavy atom. The predicted molar refractivity (Wildman–Crippen MR) is 199 cm³/mol. The van der Waals surface area contributed by atoms with Crippen molar-refractivity contribution in [2.24, 2.45) is 5.92 Å². The molecular weight excluding hydrogens is 496 g/mol. The van der Waals surface area contributed by atoms with Gasteiger partial charge in [-0.05, 0) is 60.6 Å². The van der Waals surface area contributed by atoms with Gasteiger partial charge in [0.15, 0.2) is 0 Å². The minimum atomic E-state index is 0.546. The summed E-state index contributed by atoms with van der Waals surface area (Å²) in [7, 11) is 0. The lowest BCUT2D eigenvalue weighted by Gasteiger charge is -2.09. The molecule has 0 aliphatic heterocycles. The molecule has 0 spiro atoms. The lowest BCUT2D eigenvalue weighted by molar-refractivity contribution is 0.359. The molecule has 1 heteroatoms. The predicted octanol–water partition coefficient (Wildman–Crippen LogP) is 14.6. The molecule has 0 aromatic heterocycles. The molecule has 2 aromatic carbocycles. The zero-order valence-electron chi connectivity index (χ0n) is 31.4. The van der Waals surface area contributed by atoms with Crippen molar-refractivity contribution < 1.29 is 4.74 Å². The van der Waals surface area contributed by atoms with Crippen LogP contribution in [0.5, 0.6) is 5.75 Å². The van der Waals surface area contributed by atoms with Crippen molar-refractivity contribution in [3.63, 3.8) is 0 Å². The molecule has 0 saturated carbocycles. The van der Waals surface area contributed by atoms with E-state index < -0.39 is 0 Å². The second-order valence-corrected chi connectivity index (χ2v) is 7.60. The highest BCUT2D eigenvalue weighted by atomic mass is 16.5. The molecule has 0 aliphatic rings. The van der Waals surface area contributed by atoms with E-state index in [1.54, 1.807) is 6.08 Å². The van der Waals surface area contributed by atoms with Crippen LogP contribution < -0.4 is 4.74 Å². The van der Waals surface area contributed by atoms with E-state index in [-0.39, 0.29) is 0 Å². The Bertz CT molecular complexity index is 761. The van der Waals surface area contributed by atoms with E-state index in [9.17, 15) is 0 Å². The maximum Gasteiger partial charge on any atom is 0.122 e. The van der Waals surface area contributed by atoms with Crippen LogP contribution >= 0.6 is 0 Å². The maximum absolute atomic E-state index is 5.69. The summed E-state index contributed by atoms with van der Waals surface area (Å²) in [5.41, 5.74) is 6.28. The van der Waals surface area contributed by atoms with Gasteiger partial charge in [0.1, 0.15) is 12.4 Å². The lowest BCUT2D eigenvalue weighted by atomic mass is 10.0. The molecule has 41 heavy (non-hydrogen) atoms. The summed E-state index contributed by atoms with van der Waals surface area (Å²) in [5, 5.41) is 0. The van der Waals surface area contributed by atoms with Crippen LogP contribution in [0.3, 0.4) is 0 Å². The second kappa shape index (κ2) is 44.7. The van der Waals surface area contributed by atoms with Crippen LogP contribution in [0.2, 0.25) is 0 Å². The van der Waals surface area contributed by atoms with Gasteiger partial charge < -0.3 is 4.74 Å². The summed E-state index contributed by atoms with van der Waals surface area (Å²) in [6.07, 6.45) is 11.1. The molecule has 0 fully saturated rings. The van der Waals surface area contributed by atoms with E-state index in [0.717, 1.165) is 18.1 Å². The number of aryl methyl sites for hydroxylation is 3. The van der Waals surface area contributed by atoms with E-state index >= 15 is 0 Å². The normalized spacial score (nSPS) is 8.46. The number of rotatable bonds is 9. The zero-order chi connectivity index (χ0) is 33.6. The van der Waals surface area contributed by atoms with Crippen LogP contribution in [0.25, 0.3) is 12.2 Å². The van der Waals surface area contributed by atoms with Crippen LogP contribution in [-0.2, 0) is 6.42 Å². The van der Waals surface area contributed by atoms with Gasteiger partial charge in [0.2, 0.25) is 0 Å². The van der Waals surface area contributed by atoms with E-state index in [1.807, 2.05) is 89.2 Å². The third kappa shape index (κ3) is 29.0. The highest BCUT2D eigenvalue weighted by Crippen LogP contribution is 2.22. The van der Waals surface area contributed by atoms with Crippen LogP contribution in [0.4, 0.5) is 0 Å². The van der Waals surface area contributed by atoms with E-state index in [2.05, 4.69) is 90.6 Å². The average molecular weight is 573 g/mol. The first-order valence-corrected chi connectivity index (χ1v) is 17.1. The first-order chi connectivity index (χ1) is 20.0. The molecule has 0 N–H and O–H groups in total. The molecule has 0 unspecified atom stereocenters. The Labute approximate surface area is 261 Å². The van der Waals surface area contributed by atoms with Crippen LogP contribution in [-0.4, -0.2) is 6.61 Å². The highest BCUT2D eigenvalue weighted by Gasteiger charge is 2.02. The third-order valence-corrected chi connectivity index (χ3v) is 5.43. The second-order valence-electron chi connectivity index (χ2n) is 7.60. The van der Waals surface area contributed by atoms with Crippen molar-refractivity contribution in [1.82, 2.24) is 0 Å². The zero-order valence-corrected chi connectivity index (χ0v) is 31.4. The SMILES string of the molecule is C=CCOc1ccc(/C=C/c2ccc(C)cc2C)cc1CC.CC.CC.CC.CC.CC.CC.CCC(CC)CC. The van der Waals surface area contributed by atoms with Crippen molar-refractivity contribution in [2.75, 3.05) is 6.61 Å². The highest BCUT2D eigenvalue weighted by molar-refractivity contribution is 5.72. The summed E-state index contributed by atoms with van der Waals surface area (Å²) in [5.74, 6) is 1.94. The first kappa shape index (κ1) is 51.5. The summed E-state index contributed by atoms with van der Waals surface area (Å²) >= 11 is 0. The number of hydrogen-bond acceptors (Lipinski definition) is 1. The van der Waals surface area contributed by atoms with Gasteiger partial charge in [-0.1, -0.05) is 185 Å². The monoisotopic (exact) mass is 573 g/mol. The van der Waals surface area contributed by atoms with Gasteiger partial charge >= 0.3 is 0 Å². The quantitative estimate of drug-likeness (QED) is 0.214. The fourth-order valence-electron chi connectivity index (χ4n) is 3.33. The Morgan fingerprint density at radius 1 is 0.659 bits per heavy atom. The Morgan fingerprint density at radius 2 is 1.15 bits per heavy atom. The number of ether oxygens (including phenoxy) is 1. The lowest BCUT2D eigenvalue weighted by Crippen LogP contribution is -1.97. The van der Waals surface area contributed by atoms with Crippen LogP contribution in [0, 0.1) is 19.8 Å². The number of hydrogen-bond donors (Lipinski definition) is 0. The van der Waals surface area contributed by atoms with Gasteiger partial charge in [0.05, 0.1) is 0 Å². The Hall–Kier alpha value is -2.28. The molecule has 0 saturated heterocycles. The van der Waals surface area contributed by atoms with Crippen molar-refractivity contribution in [2.45, 2.75) is 150 Å². The molecule has 0 radical (unpaired) electrons.